The molecule has 11 heteroatoms. The van der Waals surface area contributed by atoms with E-state index in [-0.39, 0.29) is 36.3 Å². The number of halogens is 1. The van der Waals surface area contributed by atoms with Crippen molar-refractivity contribution in [3.8, 4) is 5.75 Å². The van der Waals surface area contributed by atoms with E-state index in [4.69, 9.17) is 9.72 Å². The quantitative estimate of drug-likeness (QED) is 0.299. The molecule has 0 saturated carbocycles. The molecule has 3 aromatic rings. The van der Waals surface area contributed by atoms with E-state index in [1.54, 1.807) is 12.0 Å². The Bertz CT molecular complexity index is 1340. The summed E-state index contributed by atoms with van der Waals surface area (Å²) in [6.45, 7) is 10.6. The summed E-state index contributed by atoms with van der Waals surface area (Å²) in [6, 6.07) is 9.83. The molecule has 0 spiro atoms. The zero-order chi connectivity index (χ0) is 26.5. The van der Waals surface area contributed by atoms with E-state index in [9.17, 15) is 13.2 Å². The number of carbonyl (C=O) groups excluding carboxylic acids is 1. The van der Waals surface area contributed by atoms with Crippen molar-refractivity contribution < 1.29 is 17.9 Å². The Morgan fingerprint density at radius 2 is 1.68 bits per heavy atom. The molecule has 2 aromatic carbocycles. The Morgan fingerprint density at radius 3 is 2.22 bits per heavy atom. The van der Waals surface area contributed by atoms with Crippen LogP contribution < -0.4 is 9.64 Å². The third-order valence-electron chi connectivity index (χ3n) is 5.56. The minimum absolute atomic E-state index is 0. The van der Waals surface area contributed by atoms with E-state index >= 15 is 0 Å². The number of thiazole rings is 1. The lowest BCUT2D eigenvalue weighted by atomic mass is 10.2. The number of amides is 1. The monoisotopic (exact) mass is 564 g/mol. The summed E-state index contributed by atoms with van der Waals surface area (Å²) >= 11 is 1.43. The van der Waals surface area contributed by atoms with Gasteiger partial charge in [0.15, 0.2) is 5.13 Å². The molecule has 200 valence electrons. The van der Waals surface area contributed by atoms with Crippen molar-refractivity contribution in [3.63, 3.8) is 0 Å². The number of likely N-dealkylation sites (N-methyl/N-ethyl adjacent to an activating group) is 1. The van der Waals surface area contributed by atoms with Gasteiger partial charge in [0.25, 0.3) is 5.91 Å². The van der Waals surface area contributed by atoms with Gasteiger partial charge in [0, 0.05) is 31.7 Å². The molecule has 8 nitrogen and oxygen atoms in total. The van der Waals surface area contributed by atoms with Crippen molar-refractivity contribution in [2.45, 2.75) is 11.8 Å². The average molecular weight is 565 g/mol. The summed E-state index contributed by atoms with van der Waals surface area (Å²) in [5.41, 5.74) is 2.13. The second-order valence-electron chi connectivity index (χ2n) is 8.44. The Labute approximate surface area is 229 Å². The molecule has 0 unspecified atom stereocenters. The second kappa shape index (κ2) is 13.2. The number of fused-ring (bicyclic) bond motifs is 1. The number of rotatable bonds is 12. The smallest absolute Gasteiger partial charge is 0.260 e. The van der Waals surface area contributed by atoms with Gasteiger partial charge in [-0.3, -0.25) is 9.69 Å². The lowest BCUT2D eigenvalue weighted by Gasteiger charge is -2.22. The minimum Gasteiger partial charge on any atom is -0.494 e. The lowest BCUT2D eigenvalue weighted by Crippen LogP contribution is -2.36. The van der Waals surface area contributed by atoms with Crippen LogP contribution in [-0.4, -0.2) is 75.9 Å². The molecule has 0 atom stereocenters. The van der Waals surface area contributed by atoms with Gasteiger partial charge in [0.05, 0.1) is 16.7 Å². The first-order chi connectivity index (χ1) is 17.1. The van der Waals surface area contributed by atoms with Gasteiger partial charge in [-0.25, -0.2) is 13.4 Å². The number of sulfonamides is 1. The third-order valence-corrected chi connectivity index (χ3v) is 8.62. The maximum atomic E-state index is 13.6. The molecule has 0 radical (unpaired) electrons. The summed E-state index contributed by atoms with van der Waals surface area (Å²) in [5, 5.41) is 0.560. The van der Waals surface area contributed by atoms with E-state index in [0.29, 0.717) is 35.1 Å². The van der Waals surface area contributed by atoms with Crippen LogP contribution in [0.25, 0.3) is 10.2 Å². The number of aromatic nitrogens is 1. The molecule has 3 rings (SSSR count). The Kier molecular flexibility index (Phi) is 10.8. The first-order valence-corrected chi connectivity index (χ1v) is 13.6. The van der Waals surface area contributed by atoms with Crippen LogP contribution >= 0.6 is 23.7 Å². The highest BCUT2D eigenvalue weighted by Gasteiger charge is 2.25. The fraction of sp³-hybridized carbons (Fsp3) is 0.308. The Balaban J connectivity index is 0.00000481. The van der Waals surface area contributed by atoms with E-state index in [1.165, 1.54) is 52.1 Å². The molecule has 0 aliphatic rings. The predicted molar refractivity (Wildman–Crippen MR) is 154 cm³/mol. The van der Waals surface area contributed by atoms with Gasteiger partial charge in [0.1, 0.15) is 11.3 Å². The topological polar surface area (TPSA) is 83.1 Å². The summed E-state index contributed by atoms with van der Waals surface area (Å²) in [4.78, 5) is 22.1. The fourth-order valence-corrected chi connectivity index (χ4v) is 6.05. The maximum absolute atomic E-state index is 13.6. The van der Waals surface area contributed by atoms with Crippen LogP contribution in [0.5, 0.6) is 5.75 Å². The predicted octanol–water partition coefficient (Wildman–Crippen LogP) is 4.61. The van der Waals surface area contributed by atoms with Crippen LogP contribution in [0.3, 0.4) is 0 Å². The zero-order valence-electron chi connectivity index (χ0n) is 21.5. The average Bonchev–Trinajstić information content (AvgIpc) is 3.30. The summed E-state index contributed by atoms with van der Waals surface area (Å²) in [6.07, 6.45) is 3.05. The van der Waals surface area contributed by atoms with Crippen LogP contribution in [0.1, 0.15) is 15.9 Å². The van der Waals surface area contributed by atoms with Gasteiger partial charge in [-0.15, -0.1) is 25.6 Å². The van der Waals surface area contributed by atoms with Crippen molar-refractivity contribution in [2.75, 3.05) is 52.3 Å². The van der Waals surface area contributed by atoms with E-state index < -0.39 is 10.0 Å². The van der Waals surface area contributed by atoms with Crippen molar-refractivity contribution in [2.24, 2.45) is 0 Å². The van der Waals surface area contributed by atoms with Crippen LogP contribution in [-0.2, 0) is 10.0 Å². The maximum Gasteiger partial charge on any atom is 0.260 e. The van der Waals surface area contributed by atoms with Crippen LogP contribution in [0, 0.1) is 6.92 Å². The van der Waals surface area contributed by atoms with Gasteiger partial charge in [-0.05, 0) is 56.9 Å². The minimum atomic E-state index is -3.76. The number of carbonyl (C=O) groups is 1. The van der Waals surface area contributed by atoms with Gasteiger partial charge < -0.3 is 9.64 Å². The number of anilines is 1. The molecule has 1 heterocycles. The van der Waals surface area contributed by atoms with Crippen LogP contribution in [0.2, 0.25) is 0 Å². The summed E-state index contributed by atoms with van der Waals surface area (Å²) in [5.74, 6) is 0.391. The molecule has 0 aliphatic heterocycles. The third kappa shape index (κ3) is 6.77. The number of ether oxygens (including phenoxy) is 1. The molecule has 0 saturated heterocycles. The van der Waals surface area contributed by atoms with Gasteiger partial charge in [-0.1, -0.05) is 29.6 Å². The molecule has 0 bridgehead atoms. The summed E-state index contributed by atoms with van der Waals surface area (Å²) < 4.78 is 33.8. The van der Waals surface area contributed by atoms with Gasteiger partial charge in [-0.2, -0.15) is 4.31 Å². The van der Waals surface area contributed by atoms with Crippen LogP contribution in [0.4, 0.5) is 5.13 Å². The number of methoxy groups -OCH3 is 1. The summed E-state index contributed by atoms with van der Waals surface area (Å²) in [7, 11) is 1.71. The number of hydrogen-bond donors (Lipinski definition) is 0. The largest absolute Gasteiger partial charge is 0.494 e. The first-order valence-electron chi connectivity index (χ1n) is 11.4. The number of benzene rings is 2. The molecular weight excluding hydrogens is 532 g/mol. The molecule has 0 fully saturated rings. The number of nitrogens with zero attached hydrogens (tertiary/aromatic N) is 4. The lowest BCUT2D eigenvalue weighted by molar-refractivity contribution is 0.0985. The van der Waals surface area contributed by atoms with Crippen molar-refractivity contribution >= 4 is 55.0 Å². The fourth-order valence-electron chi connectivity index (χ4n) is 3.60. The normalized spacial score (nSPS) is 11.4. The highest BCUT2D eigenvalue weighted by Crippen LogP contribution is 2.36. The van der Waals surface area contributed by atoms with Gasteiger partial charge >= 0.3 is 0 Å². The standard InChI is InChI=1S/C26H32N4O4S2.ClH/c1-7-15-29(16-8-2)36(32,33)21-12-10-20(11-13-21)25(31)30(18-17-28(4)5)26-27-23-22(34-6)14-9-19(3)24(23)35-26;/h7-14H,1-2,15-18H2,3-6H3;1H. The van der Waals surface area contributed by atoms with E-state index in [2.05, 4.69) is 13.2 Å². The van der Waals surface area contributed by atoms with E-state index in [1.807, 2.05) is 38.1 Å². The Morgan fingerprint density at radius 1 is 1.05 bits per heavy atom. The highest BCUT2D eigenvalue weighted by molar-refractivity contribution is 7.89. The van der Waals surface area contributed by atoms with Crippen LogP contribution in [0.15, 0.2) is 66.6 Å². The van der Waals surface area contributed by atoms with Gasteiger partial charge in [0.2, 0.25) is 10.0 Å². The molecule has 1 aromatic heterocycles. The highest BCUT2D eigenvalue weighted by atomic mass is 35.5. The first kappa shape index (κ1) is 30.5. The number of hydrogen-bond acceptors (Lipinski definition) is 7. The second-order valence-corrected chi connectivity index (χ2v) is 11.4. The van der Waals surface area contributed by atoms with Crippen molar-refractivity contribution in [3.05, 3.63) is 72.8 Å². The van der Waals surface area contributed by atoms with Crippen molar-refractivity contribution in [1.29, 1.82) is 0 Å². The SMILES string of the molecule is C=CCN(CC=C)S(=O)(=O)c1ccc(C(=O)N(CCN(C)C)c2nc3c(OC)ccc(C)c3s2)cc1.Cl. The molecule has 0 aliphatic carbocycles. The molecule has 37 heavy (non-hydrogen) atoms. The zero-order valence-corrected chi connectivity index (χ0v) is 24.0. The Hall–Kier alpha value is -2.76. The molecule has 1 amide bonds. The van der Waals surface area contributed by atoms with Crippen molar-refractivity contribution in [1.82, 2.24) is 14.2 Å². The number of aryl methyl sites for hydroxylation is 1. The molecule has 0 N–H and O–H groups in total. The van der Waals surface area contributed by atoms with E-state index in [0.717, 1.165) is 10.3 Å². The molecular formula is C26H33ClN4O4S2.